The predicted molar refractivity (Wildman–Crippen MR) is 89.4 cm³/mol. The fourth-order valence-electron chi connectivity index (χ4n) is 2.92. The Morgan fingerprint density at radius 3 is 2.44 bits per heavy atom. The van der Waals surface area contributed by atoms with Crippen molar-refractivity contribution < 1.29 is 24.2 Å². The second-order valence-electron chi connectivity index (χ2n) is 6.06. The molecule has 8 nitrogen and oxygen atoms in total. The lowest BCUT2D eigenvalue weighted by Gasteiger charge is -2.21. The van der Waals surface area contributed by atoms with Crippen molar-refractivity contribution in [2.24, 2.45) is 5.92 Å². The molecule has 1 aromatic carbocycles. The summed E-state index contributed by atoms with van der Waals surface area (Å²) in [5.74, 6) is -0.277. The molecule has 0 unspecified atom stereocenters. The van der Waals surface area contributed by atoms with Crippen LogP contribution in [0, 0.1) is 5.92 Å². The van der Waals surface area contributed by atoms with E-state index in [2.05, 4.69) is 10.7 Å². The van der Waals surface area contributed by atoms with E-state index in [0.717, 1.165) is 31.2 Å². The Balaban J connectivity index is 1.87. The number of benzene rings is 1. The Morgan fingerprint density at radius 1 is 1.12 bits per heavy atom. The van der Waals surface area contributed by atoms with Gasteiger partial charge in [-0.2, -0.15) is 0 Å². The molecule has 0 bridgehead atoms. The number of hydrazine groups is 1. The lowest BCUT2D eigenvalue weighted by molar-refractivity contribution is -0.124. The van der Waals surface area contributed by atoms with Crippen molar-refractivity contribution in [2.45, 2.75) is 44.8 Å². The number of amides is 3. The van der Waals surface area contributed by atoms with Crippen molar-refractivity contribution in [1.82, 2.24) is 16.2 Å². The van der Waals surface area contributed by atoms with Crippen molar-refractivity contribution in [2.75, 3.05) is 0 Å². The predicted octanol–water partition coefficient (Wildman–Crippen LogP) is 2.16. The maximum Gasteiger partial charge on any atom is 0.423 e. The Bertz CT molecular complexity index is 587. The Morgan fingerprint density at radius 2 is 1.80 bits per heavy atom. The molecule has 2 rings (SSSR count). The molecule has 0 aromatic heterocycles. The number of carboxylic acid groups (broad SMARTS) is 1. The molecule has 0 radical (unpaired) electrons. The van der Waals surface area contributed by atoms with Gasteiger partial charge in [-0.05, 0) is 17.9 Å². The van der Waals surface area contributed by atoms with Crippen LogP contribution in [0.1, 0.15) is 37.7 Å². The minimum atomic E-state index is -1.38. The van der Waals surface area contributed by atoms with E-state index in [4.69, 9.17) is 9.84 Å². The highest BCUT2D eigenvalue weighted by Gasteiger charge is 2.27. The number of hydrogen-bond acceptors (Lipinski definition) is 4. The van der Waals surface area contributed by atoms with Crippen LogP contribution in [0.5, 0.6) is 0 Å². The summed E-state index contributed by atoms with van der Waals surface area (Å²) in [5.41, 5.74) is 4.72. The number of carbonyl (C=O) groups is 3. The van der Waals surface area contributed by atoms with E-state index in [1.54, 1.807) is 5.43 Å². The Hall–Kier alpha value is -2.77. The first-order chi connectivity index (χ1) is 12.0. The maximum absolute atomic E-state index is 12.1. The van der Waals surface area contributed by atoms with Crippen molar-refractivity contribution >= 4 is 18.1 Å². The van der Waals surface area contributed by atoms with Crippen LogP contribution in [0.3, 0.4) is 0 Å². The highest BCUT2D eigenvalue weighted by atomic mass is 16.5. The first-order valence-corrected chi connectivity index (χ1v) is 8.30. The van der Waals surface area contributed by atoms with E-state index in [1.807, 2.05) is 30.3 Å². The van der Waals surface area contributed by atoms with Crippen LogP contribution in [-0.4, -0.2) is 29.2 Å². The third-order valence-electron chi connectivity index (χ3n) is 4.16. The standard InChI is InChI=1S/C17H23N3O5/c21-15(19-20-16(22)23)14(10-12-6-4-5-7-12)18-17(24)25-11-13-8-2-1-3-9-13/h1-3,8-9,12,14,20H,4-7,10-11H2,(H,18,24)(H,19,21)(H,22,23)/t14-/m0/s1. The van der Waals surface area contributed by atoms with Crippen LogP contribution in [0.15, 0.2) is 30.3 Å². The number of rotatable bonds is 6. The van der Waals surface area contributed by atoms with Crippen molar-refractivity contribution in [3.8, 4) is 0 Å². The number of alkyl carbamates (subject to hydrolysis) is 1. The molecule has 1 aromatic rings. The van der Waals surface area contributed by atoms with Gasteiger partial charge in [0, 0.05) is 0 Å². The Kier molecular flexibility index (Phi) is 7.06. The molecular weight excluding hydrogens is 326 g/mol. The van der Waals surface area contributed by atoms with E-state index in [0.29, 0.717) is 12.3 Å². The summed E-state index contributed by atoms with van der Waals surface area (Å²) >= 11 is 0. The average Bonchev–Trinajstić information content (AvgIpc) is 3.11. The first-order valence-electron chi connectivity index (χ1n) is 8.30. The molecule has 1 fully saturated rings. The van der Waals surface area contributed by atoms with Gasteiger partial charge < -0.3 is 15.2 Å². The smallest absolute Gasteiger partial charge is 0.423 e. The summed E-state index contributed by atoms with van der Waals surface area (Å²) in [6.07, 6.45) is 2.56. The summed E-state index contributed by atoms with van der Waals surface area (Å²) in [6.45, 7) is 0.0951. The molecule has 0 spiro atoms. The van der Waals surface area contributed by atoms with Crippen LogP contribution in [0.4, 0.5) is 9.59 Å². The molecule has 4 N–H and O–H groups in total. The molecule has 0 aliphatic heterocycles. The van der Waals surface area contributed by atoms with Gasteiger partial charge in [-0.3, -0.25) is 10.2 Å². The van der Waals surface area contributed by atoms with E-state index < -0.39 is 24.1 Å². The van der Waals surface area contributed by atoms with Crippen LogP contribution < -0.4 is 16.2 Å². The number of carbonyl (C=O) groups excluding carboxylic acids is 2. The zero-order chi connectivity index (χ0) is 18.1. The lowest BCUT2D eigenvalue weighted by atomic mass is 9.98. The molecular formula is C17H23N3O5. The summed E-state index contributed by atoms with van der Waals surface area (Å²) in [5, 5.41) is 11.1. The van der Waals surface area contributed by atoms with Crippen molar-refractivity contribution in [3.05, 3.63) is 35.9 Å². The SMILES string of the molecule is O=C(O)NNC(=O)[C@H](CC1CCCC1)NC(=O)OCc1ccccc1. The fourth-order valence-corrected chi connectivity index (χ4v) is 2.92. The first kappa shape index (κ1) is 18.6. The summed E-state index contributed by atoms with van der Waals surface area (Å²) in [6, 6.07) is 8.34. The van der Waals surface area contributed by atoms with Gasteiger partial charge in [0.1, 0.15) is 12.6 Å². The van der Waals surface area contributed by atoms with Gasteiger partial charge in [-0.25, -0.2) is 15.0 Å². The summed E-state index contributed by atoms with van der Waals surface area (Å²) < 4.78 is 5.13. The minimum absolute atomic E-state index is 0.0951. The topological polar surface area (TPSA) is 117 Å². The second kappa shape index (κ2) is 9.51. The van der Waals surface area contributed by atoms with Gasteiger partial charge in [-0.1, -0.05) is 56.0 Å². The number of hydrogen-bond donors (Lipinski definition) is 4. The molecule has 0 saturated heterocycles. The molecule has 1 saturated carbocycles. The highest BCUT2D eigenvalue weighted by molar-refractivity contribution is 5.86. The zero-order valence-electron chi connectivity index (χ0n) is 13.9. The van der Waals surface area contributed by atoms with Gasteiger partial charge in [0.05, 0.1) is 0 Å². The highest BCUT2D eigenvalue weighted by Crippen LogP contribution is 2.28. The minimum Gasteiger partial charge on any atom is -0.464 e. The average molecular weight is 349 g/mol. The molecule has 1 aliphatic carbocycles. The van der Waals surface area contributed by atoms with Crippen LogP contribution in [-0.2, 0) is 16.1 Å². The number of ether oxygens (including phenoxy) is 1. The van der Waals surface area contributed by atoms with Crippen molar-refractivity contribution in [3.63, 3.8) is 0 Å². The van der Waals surface area contributed by atoms with E-state index >= 15 is 0 Å². The van der Waals surface area contributed by atoms with Crippen LogP contribution in [0.25, 0.3) is 0 Å². The van der Waals surface area contributed by atoms with E-state index in [-0.39, 0.29) is 6.61 Å². The summed E-state index contributed by atoms with van der Waals surface area (Å²) in [7, 11) is 0. The van der Waals surface area contributed by atoms with Crippen molar-refractivity contribution in [1.29, 1.82) is 0 Å². The normalized spacial score (nSPS) is 15.2. The molecule has 8 heteroatoms. The third kappa shape index (κ3) is 6.70. The van der Waals surface area contributed by atoms with E-state index in [9.17, 15) is 14.4 Å². The molecule has 1 aliphatic rings. The maximum atomic E-state index is 12.1. The Labute approximate surface area is 145 Å². The number of nitrogens with one attached hydrogen (secondary N) is 3. The fraction of sp³-hybridized carbons (Fsp3) is 0.471. The van der Waals surface area contributed by atoms with Gasteiger partial charge in [0.25, 0.3) is 5.91 Å². The van der Waals surface area contributed by atoms with Crippen LogP contribution in [0.2, 0.25) is 0 Å². The molecule has 136 valence electrons. The van der Waals surface area contributed by atoms with Crippen LogP contribution >= 0.6 is 0 Å². The molecule has 0 heterocycles. The quantitative estimate of drug-likeness (QED) is 0.587. The molecule has 25 heavy (non-hydrogen) atoms. The summed E-state index contributed by atoms with van der Waals surface area (Å²) in [4.78, 5) is 34.6. The third-order valence-corrected chi connectivity index (χ3v) is 4.16. The second-order valence-corrected chi connectivity index (χ2v) is 6.06. The zero-order valence-corrected chi connectivity index (χ0v) is 13.9. The lowest BCUT2D eigenvalue weighted by Crippen LogP contribution is -2.52. The van der Waals surface area contributed by atoms with Gasteiger partial charge in [0.15, 0.2) is 0 Å². The van der Waals surface area contributed by atoms with Gasteiger partial charge in [-0.15, -0.1) is 0 Å². The van der Waals surface area contributed by atoms with Gasteiger partial charge >= 0.3 is 12.2 Å². The monoisotopic (exact) mass is 349 g/mol. The van der Waals surface area contributed by atoms with E-state index in [1.165, 1.54) is 0 Å². The molecule has 1 atom stereocenters. The van der Waals surface area contributed by atoms with Gasteiger partial charge in [0.2, 0.25) is 0 Å². The largest absolute Gasteiger partial charge is 0.464 e. The molecule has 3 amide bonds.